The van der Waals surface area contributed by atoms with Gasteiger partial charge in [0.25, 0.3) is 5.91 Å². The Balaban J connectivity index is 1.50. The van der Waals surface area contributed by atoms with E-state index in [0.717, 1.165) is 30.3 Å². The van der Waals surface area contributed by atoms with Crippen molar-refractivity contribution in [3.05, 3.63) is 41.4 Å². The van der Waals surface area contributed by atoms with Crippen LogP contribution in [-0.4, -0.2) is 50.3 Å². The lowest BCUT2D eigenvalue weighted by atomic mass is 10.2. The second kappa shape index (κ2) is 8.82. The predicted molar refractivity (Wildman–Crippen MR) is 98.6 cm³/mol. The molecule has 1 atom stereocenters. The van der Waals surface area contributed by atoms with Crippen LogP contribution in [0, 0.1) is 0 Å². The van der Waals surface area contributed by atoms with Crippen molar-refractivity contribution in [2.45, 2.75) is 18.9 Å². The van der Waals surface area contributed by atoms with Gasteiger partial charge in [-0.1, -0.05) is 0 Å². The van der Waals surface area contributed by atoms with Crippen LogP contribution in [0.4, 0.5) is 5.13 Å². The summed E-state index contributed by atoms with van der Waals surface area (Å²) in [6, 6.07) is 7.49. The van der Waals surface area contributed by atoms with Gasteiger partial charge in [0.2, 0.25) is 0 Å². The van der Waals surface area contributed by atoms with Gasteiger partial charge in [-0.2, -0.15) is 0 Å². The van der Waals surface area contributed by atoms with Crippen molar-refractivity contribution in [2.75, 3.05) is 38.3 Å². The highest BCUT2D eigenvalue weighted by Crippen LogP contribution is 2.26. The smallest absolute Gasteiger partial charge is 0.251 e. The van der Waals surface area contributed by atoms with Gasteiger partial charge in [-0.25, -0.2) is 4.98 Å². The molecular weight excluding hydrogens is 338 g/mol. The average Bonchev–Trinajstić information content (AvgIpc) is 3.31. The first kappa shape index (κ1) is 17.7. The van der Waals surface area contributed by atoms with E-state index in [9.17, 15) is 4.79 Å². The first-order chi connectivity index (χ1) is 12.3. The Bertz CT molecular complexity index is 661. The fourth-order valence-electron chi connectivity index (χ4n) is 2.92. The Morgan fingerprint density at radius 2 is 2.20 bits per heavy atom. The summed E-state index contributed by atoms with van der Waals surface area (Å²) >= 11 is 1.64. The minimum atomic E-state index is -0.0607. The summed E-state index contributed by atoms with van der Waals surface area (Å²) in [5, 5.41) is 6.06. The average molecular weight is 361 g/mol. The molecule has 1 saturated heterocycles. The molecule has 0 radical (unpaired) electrons. The molecule has 25 heavy (non-hydrogen) atoms. The van der Waals surface area contributed by atoms with E-state index in [4.69, 9.17) is 9.47 Å². The van der Waals surface area contributed by atoms with E-state index in [1.807, 2.05) is 23.7 Å². The number of anilines is 1. The molecule has 1 aliphatic rings. The standard InChI is InChI=1S/C18H23N3O3S/c1-23-10-11-24-16-6-4-14(5-7-16)17(22)20-13-15-3-2-9-21(15)18-19-8-12-25-18/h4-8,12,15H,2-3,9-11,13H2,1H3,(H,20,22). The quantitative estimate of drug-likeness (QED) is 0.732. The lowest BCUT2D eigenvalue weighted by molar-refractivity contribution is 0.0951. The van der Waals surface area contributed by atoms with Gasteiger partial charge in [-0.3, -0.25) is 4.79 Å². The largest absolute Gasteiger partial charge is 0.491 e. The molecule has 3 rings (SSSR count). The van der Waals surface area contributed by atoms with E-state index < -0.39 is 0 Å². The van der Waals surface area contributed by atoms with E-state index in [1.165, 1.54) is 0 Å². The number of thiazole rings is 1. The third-order valence-corrected chi connectivity index (χ3v) is 5.02. The van der Waals surface area contributed by atoms with E-state index in [2.05, 4.69) is 15.2 Å². The fraction of sp³-hybridized carbons (Fsp3) is 0.444. The van der Waals surface area contributed by atoms with Crippen LogP contribution in [0.1, 0.15) is 23.2 Å². The number of nitrogens with zero attached hydrogens (tertiary/aromatic N) is 2. The van der Waals surface area contributed by atoms with Crippen LogP contribution in [0.2, 0.25) is 0 Å². The van der Waals surface area contributed by atoms with Gasteiger partial charge in [0, 0.05) is 43.4 Å². The number of hydrogen-bond donors (Lipinski definition) is 1. The Kier molecular flexibility index (Phi) is 6.25. The molecule has 1 aromatic carbocycles. The first-order valence-corrected chi connectivity index (χ1v) is 9.32. The SMILES string of the molecule is COCCOc1ccc(C(=O)NCC2CCCN2c2nccs2)cc1. The zero-order valence-corrected chi connectivity index (χ0v) is 15.1. The predicted octanol–water partition coefficient (Wildman–Crippen LogP) is 2.57. The third-order valence-electron chi connectivity index (χ3n) is 4.21. The van der Waals surface area contributed by atoms with Crippen molar-refractivity contribution in [2.24, 2.45) is 0 Å². The van der Waals surface area contributed by atoms with Crippen molar-refractivity contribution in [3.8, 4) is 5.75 Å². The number of hydrogen-bond acceptors (Lipinski definition) is 6. The molecule has 1 unspecified atom stereocenters. The topological polar surface area (TPSA) is 63.7 Å². The Hall–Kier alpha value is -2.12. The van der Waals surface area contributed by atoms with Gasteiger partial charge >= 0.3 is 0 Å². The van der Waals surface area contributed by atoms with Crippen molar-refractivity contribution >= 4 is 22.4 Å². The molecule has 1 aromatic heterocycles. The molecule has 2 heterocycles. The minimum absolute atomic E-state index is 0.0607. The Morgan fingerprint density at radius 1 is 1.36 bits per heavy atom. The van der Waals surface area contributed by atoms with Crippen molar-refractivity contribution in [1.82, 2.24) is 10.3 Å². The number of aromatic nitrogens is 1. The summed E-state index contributed by atoms with van der Waals surface area (Å²) < 4.78 is 10.5. The summed E-state index contributed by atoms with van der Waals surface area (Å²) in [6.45, 7) is 2.67. The van der Waals surface area contributed by atoms with E-state index in [0.29, 0.717) is 31.4 Å². The van der Waals surface area contributed by atoms with E-state index in [-0.39, 0.29) is 5.91 Å². The fourth-order valence-corrected chi connectivity index (χ4v) is 3.66. The van der Waals surface area contributed by atoms with Gasteiger partial charge in [0.05, 0.1) is 6.61 Å². The summed E-state index contributed by atoms with van der Waals surface area (Å²) in [7, 11) is 1.64. The number of ether oxygens (including phenoxy) is 2. The van der Waals surface area contributed by atoms with Crippen LogP contribution in [0.5, 0.6) is 5.75 Å². The van der Waals surface area contributed by atoms with Crippen LogP contribution >= 0.6 is 11.3 Å². The molecule has 1 aliphatic heterocycles. The van der Waals surface area contributed by atoms with E-state index >= 15 is 0 Å². The molecule has 134 valence electrons. The number of benzene rings is 1. The lowest BCUT2D eigenvalue weighted by Gasteiger charge is -2.24. The Morgan fingerprint density at radius 3 is 2.92 bits per heavy atom. The van der Waals surface area contributed by atoms with Crippen LogP contribution in [0.3, 0.4) is 0 Å². The van der Waals surface area contributed by atoms with Gasteiger partial charge in [-0.15, -0.1) is 11.3 Å². The molecule has 6 nitrogen and oxygen atoms in total. The number of rotatable bonds is 8. The minimum Gasteiger partial charge on any atom is -0.491 e. The second-order valence-corrected chi connectivity index (χ2v) is 6.75. The number of carbonyl (C=O) groups excluding carboxylic acids is 1. The molecular formula is C18H23N3O3S. The highest BCUT2D eigenvalue weighted by Gasteiger charge is 2.26. The van der Waals surface area contributed by atoms with Gasteiger partial charge in [-0.05, 0) is 37.1 Å². The summed E-state index contributed by atoms with van der Waals surface area (Å²) in [5.41, 5.74) is 0.637. The van der Waals surface area contributed by atoms with Crippen LogP contribution < -0.4 is 15.0 Å². The zero-order valence-electron chi connectivity index (χ0n) is 14.3. The van der Waals surface area contributed by atoms with Gasteiger partial charge < -0.3 is 19.7 Å². The summed E-state index contributed by atoms with van der Waals surface area (Å²) in [6.07, 6.45) is 4.03. The van der Waals surface area contributed by atoms with Crippen LogP contribution in [-0.2, 0) is 4.74 Å². The summed E-state index contributed by atoms with van der Waals surface area (Å²) in [5.74, 6) is 0.675. The van der Waals surface area contributed by atoms with Crippen molar-refractivity contribution in [1.29, 1.82) is 0 Å². The highest BCUT2D eigenvalue weighted by atomic mass is 32.1. The number of methoxy groups -OCH3 is 1. The molecule has 1 N–H and O–H groups in total. The number of carbonyl (C=O) groups is 1. The lowest BCUT2D eigenvalue weighted by Crippen LogP contribution is -2.40. The van der Waals surface area contributed by atoms with Crippen LogP contribution in [0.25, 0.3) is 0 Å². The third kappa shape index (κ3) is 4.70. The molecule has 0 saturated carbocycles. The van der Waals surface area contributed by atoms with Crippen molar-refractivity contribution < 1.29 is 14.3 Å². The number of nitrogens with one attached hydrogen (secondary N) is 1. The maximum Gasteiger partial charge on any atom is 0.251 e. The number of amides is 1. The molecule has 2 aromatic rings. The zero-order chi connectivity index (χ0) is 17.5. The second-order valence-electron chi connectivity index (χ2n) is 5.88. The molecule has 0 spiro atoms. The molecule has 0 aliphatic carbocycles. The Labute approximate surface area is 151 Å². The summed E-state index contributed by atoms with van der Waals surface area (Å²) in [4.78, 5) is 19.0. The van der Waals surface area contributed by atoms with Gasteiger partial charge in [0.15, 0.2) is 5.13 Å². The van der Waals surface area contributed by atoms with Crippen LogP contribution in [0.15, 0.2) is 35.8 Å². The van der Waals surface area contributed by atoms with Gasteiger partial charge in [0.1, 0.15) is 12.4 Å². The monoisotopic (exact) mass is 361 g/mol. The molecule has 1 fully saturated rings. The normalized spacial score (nSPS) is 16.8. The maximum absolute atomic E-state index is 12.4. The maximum atomic E-state index is 12.4. The molecule has 1 amide bonds. The molecule has 7 heteroatoms. The van der Waals surface area contributed by atoms with Crippen molar-refractivity contribution in [3.63, 3.8) is 0 Å². The molecule has 0 bridgehead atoms. The van der Waals surface area contributed by atoms with E-state index in [1.54, 1.807) is 30.6 Å². The highest BCUT2D eigenvalue weighted by molar-refractivity contribution is 7.13. The first-order valence-electron chi connectivity index (χ1n) is 8.44.